The van der Waals surface area contributed by atoms with Gasteiger partial charge in [-0.15, -0.1) is 9.24 Å². The smallest absolute Gasteiger partial charge is 0.135 e. The molecule has 2 heteroatoms. The number of benzene rings is 10. The van der Waals surface area contributed by atoms with Gasteiger partial charge in [-0.05, 0) is 143 Å². The molecule has 11 aromatic rings. The van der Waals surface area contributed by atoms with Gasteiger partial charge in [0.2, 0.25) is 0 Å². The number of hydrogen-bond acceptors (Lipinski definition) is 1. The molecule has 0 aliphatic heterocycles. The fourth-order valence-corrected chi connectivity index (χ4v) is 10.6. The van der Waals surface area contributed by atoms with E-state index in [9.17, 15) is 0 Å². The summed E-state index contributed by atoms with van der Waals surface area (Å²) in [6.45, 7) is 25.0. The van der Waals surface area contributed by atoms with Crippen LogP contribution in [0.1, 0.15) is 107 Å². The van der Waals surface area contributed by atoms with Crippen LogP contribution in [0, 0.1) is 34.6 Å². The van der Waals surface area contributed by atoms with Crippen LogP contribution in [0.4, 0.5) is 0 Å². The Morgan fingerprint density at radius 2 is 1.04 bits per heavy atom. The summed E-state index contributed by atoms with van der Waals surface area (Å²) in [7, 11) is 2.66. The van der Waals surface area contributed by atoms with E-state index in [2.05, 4.69) is 271 Å². The monoisotopic (exact) mass is 1010 g/mol. The Labute approximate surface area is 456 Å². The van der Waals surface area contributed by atoms with Crippen molar-refractivity contribution >= 4 is 59.2 Å². The van der Waals surface area contributed by atoms with Gasteiger partial charge in [0.05, 0.1) is 5.41 Å². The average Bonchev–Trinajstić information content (AvgIpc) is 4.07. The van der Waals surface area contributed by atoms with Crippen molar-refractivity contribution in [3.05, 3.63) is 304 Å². The van der Waals surface area contributed by atoms with E-state index in [1.54, 1.807) is 6.08 Å². The minimum Gasteiger partial charge on any atom is -0.456 e. The van der Waals surface area contributed by atoms with Gasteiger partial charge < -0.3 is 4.42 Å². The molecule has 1 aromatic heterocycles. The van der Waals surface area contributed by atoms with Gasteiger partial charge in [-0.2, -0.15) is 0 Å². The molecule has 0 amide bonds. The van der Waals surface area contributed by atoms with Gasteiger partial charge in [0, 0.05) is 10.9 Å². The first-order valence-corrected chi connectivity index (χ1v) is 27.4. The molecule has 1 unspecified atom stereocenters. The zero-order valence-electron chi connectivity index (χ0n) is 46.4. The van der Waals surface area contributed by atoms with Gasteiger partial charge in [-0.1, -0.05) is 275 Å². The molecular weight excluding hydrogens is 936 g/mol. The van der Waals surface area contributed by atoms with Gasteiger partial charge >= 0.3 is 0 Å². The highest BCUT2D eigenvalue weighted by atomic mass is 31.0. The second-order valence-corrected chi connectivity index (χ2v) is 20.2. The van der Waals surface area contributed by atoms with Crippen LogP contribution in [0.25, 0.3) is 55.8 Å². The lowest BCUT2D eigenvalue weighted by Crippen LogP contribution is -2.28. The summed E-state index contributed by atoms with van der Waals surface area (Å²) in [5, 5.41) is 7.79. The van der Waals surface area contributed by atoms with Crippen LogP contribution in [0.15, 0.2) is 242 Å². The third-order valence-corrected chi connectivity index (χ3v) is 14.2. The molecule has 12 rings (SSSR count). The summed E-state index contributed by atoms with van der Waals surface area (Å²) < 4.78 is 5.77. The molecule has 0 radical (unpaired) electrons. The van der Waals surface area contributed by atoms with Crippen LogP contribution in [0.2, 0.25) is 0 Å². The summed E-state index contributed by atoms with van der Waals surface area (Å²) in [5.74, 6) is 1.37. The van der Waals surface area contributed by atoms with Gasteiger partial charge in [-0.3, -0.25) is 0 Å². The molecule has 1 aliphatic carbocycles. The van der Waals surface area contributed by atoms with Crippen molar-refractivity contribution in [3.63, 3.8) is 0 Å². The lowest BCUT2D eigenvalue weighted by atomic mass is 9.67. The predicted octanol–water partition coefficient (Wildman–Crippen LogP) is 20.7. The lowest BCUT2D eigenvalue weighted by Gasteiger charge is -2.34. The largest absolute Gasteiger partial charge is 0.456 e. The highest BCUT2D eigenvalue weighted by Gasteiger charge is 2.46. The molecular formula is C74H75OP. The summed E-state index contributed by atoms with van der Waals surface area (Å²) in [5.41, 5.74) is 17.8. The summed E-state index contributed by atoms with van der Waals surface area (Å²) >= 11 is 0. The minimum absolute atomic E-state index is 0.325. The summed E-state index contributed by atoms with van der Waals surface area (Å²) in [4.78, 5) is 0. The van der Waals surface area contributed by atoms with Crippen LogP contribution >= 0.6 is 9.24 Å². The van der Waals surface area contributed by atoms with Crippen molar-refractivity contribution < 1.29 is 4.42 Å². The highest BCUT2D eigenvalue weighted by molar-refractivity contribution is 7.27. The Morgan fingerprint density at radius 1 is 0.487 bits per heavy atom. The quantitative estimate of drug-likeness (QED) is 0.157. The van der Waals surface area contributed by atoms with E-state index in [-0.39, 0.29) is 5.41 Å². The molecule has 0 N–H and O–H groups in total. The average molecular weight is 1010 g/mol. The topological polar surface area (TPSA) is 13.1 Å². The van der Waals surface area contributed by atoms with Gasteiger partial charge in [0.1, 0.15) is 11.3 Å². The van der Waals surface area contributed by atoms with Crippen LogP contribution < -0.4 is 5.30 Å². The van der Waals surface area contributed by atoms with Crippen molar-refractivity contribution in [3.8, 4) is 11.1 Å². The summed E-state index contributed by atoms with van der Waals surface area (Å²) in [6.07, 6.45) is 5.87. The van der Waals surface area contributed by atoms with E-state index in [0.717, 1.165) is 16.9 Å². The molecule has 1 atom stereocenters. The molecule has 10 aromatic carbocycles. The Bertz CT molecular complexity index is 3610. The maximum absolute atomic E-state index is 5.77. The van der Waals surface area contributed by atoms with Gasteiger partial charge in [0.15, 0.2) is 0 Å². The maximum atomic E-state index is 5.77. The van der Waals surface area contributed by atoms with Crippen LogP contribution in [0.3, 0.4) is 0 Å². The van der Waals surface area contributed by atoms with Crippen molar-refractivity contribution in [1.82, 2.24) is 0 Å². The second-order valence-electron chi connectivity index (χ2n) is 19.6. The highest BCUT2D eigenvalue weighted by Crippen LogP contribution is 2.58. The molecule has 0 fully saturated rings. The minimum atomic E-state index is -0.325. The zero-order chi connectivity index (χ0) is 54.2. The summed E-state index contributed by atoms with van der Waals surface area (Å²) in [6, 6.07) is 80.2. The van der Waals surface area contributed by atoms with E-state index < -0.39 is 0 Å². The number of aryl methyl sites for hydroxylation is 5. The Morgan fingerprint density at radius 3 is 1.59 bits per heavy atom. The first-order chi connectivity index (χ1) is 36.9. The van der Waals surface area contributed by atoms with Crippen molar-refractivity contribution in [2.24, 2.45) is 0 Å². The van der Waals surface area contributed by atoms with Gasteiger partial charge in [0.25, 0.3) is 0 Å². The van der Waals surface area contributed by atoms with Crippen molar-refractivity contribution in [1.29, 1.82) is 0 Å². The normalized spacial score (nSPS) is 11.6. The Kier molecular flexibility index (Phi) is 19.6. The van der Waals surface area contributed by atoms with Crippen LogP contribution in [0.5, 0.6) is 0 Å². The molecule has 1 aliphatic rings. The molecule has 1 nitrogen and oxygen atoms in total. The van der Waals surface area contributed by atoms with Crippen LogP contribution in [-0.2, 0) is 5.41 Å². The van der Waals surface area contributed by atoms with Crippen molar-refractivity contribution in [2.75, 3.05) is 0 Å². The SMILES string of the molecule is C=Cc1oc2ccc(C(C)C)cc2c1/C=C\C.CC.Cc1ccc2c(c1)C(c1ccccc1)(c1ccccc1)c1cc(C)c3ccccc3c1-2.Cc1cccc(P)c1.Cc1cccc2ccccc12.Cc1ccccc1. The second kappa shape index (κ2) is 26.6. The van der Waals surface area contributed by atoms with Crippen LogP contribution in [-0.4, -0.2) is 0 Å². The molecule has 1 heterocycles. The molecule has 382 valence electrons. The third-order valence-electron chi connectivity index (χ3n) is 13.9. The molecule has 0 spiro atoms. The Balaban J connectivity index is 0.000000156. The number of furan rings is 1. The van der Waals surface area contributed by atoms with E-state index in [4.69, 9.17) is 4.42 Å². The Hall–Kier alpha value is -7.83. The fraction of sp³-hybridized carbons (Fsp3) is 0.162. The maximum Gasteiger partial charge on any atom is 0.135 e. The number of allylic oxidation sites excluding steroid dienone is 1. The number of fused-ring (bicyclic) bond motifs is 7. The molecule has 0 saturated heterocycles. The standard InChI is InChI=1S/C31H24.C16H18O.C11H10.C7H9P.C7H8.C2H6/c1-21-17-18-27-28(19-21)31(23-11-5-3-6-12-23,24-13-7-4-8-14-24)29-20-22(2)25-15-9-10-16-26(25)30(27)29;1-5-7-13-14-10-12(11(3)4)8-9-16(14)17-15(13)6-2;1-9-5-4-7-10-6-2-3-8-11(9)10;1-6-3-2-4-7(8)5-6;1-7-5-3-2-4-6-7;1-2/h3-20H,1-2H3;5-11H,2H2,1,3-4H3;2-8H,1H3;2-5H,8H2,1H3;2-6H,1H3;1-2H3/b;7-5-;;;;. The molecule has 76 heavy (non-hydrogen) atoms. The van der Waals surface area contributed by atoms with Gasteiger partial charge in [-0.25, -0.2) is 0 Å². The first-order valence-electron chi connectivity index (χ1n) is 26.8. The third kappa shape index (κ3) is 12.6. The number of hydrogen-bond donors (Lipinski definition) is 0. The molecule has 0 saturated carbocycles. The van der Waals surface area contributed by atoms with Crippen molar-refractivity contribution in [2.45, 2.75) is 80.6 Å². The predicted molar refractivity (Wildman–Crippen MR) is 338 cm³/mol. The van der Waals surface area contributed by atoms with E-state index in [1.165, 1.54) is 99.0 Å². The first kappa shape index (κ1) is 55.9. The van der Waals surface area contributed by atoms with E-state index >= 15 is 0 Å². The fourth-order valence-electron chi connectivity index (χ4n) is 10.2. The molecule has 0 bridgehead atoms. The number of rotatable bonds is 5. The lowest BCUT2D eigenvalue weighted by molar-refractivity contribution is 0.603. The van der Waals surface area contributed by atoms with E-state index in [1.807, 2.05) is 51.1 Å². The van der Waals surface area contributed by atoms with E-state index in [0.29, 0.717) is 5.92 Å². The zero-order valence-corrected chi connectivity index (χ0v) is 47.5.